The van der Waals surface area contributed by atoms with E-state index in [0.29, 0.717) is 12.2 Å². The number of amides is 2. The number of nitrogens with two attached hydrogens (primary N) is 1. The second-order valence-electron chi connectivity index (χ2n) is 6.60. The molecule has 0 radical (unpaired) electrons. The maximum Gasteiger partial charge on any atom is 0.272 e. The van der Waals surface area contributed by atoms with E-state index in [0.717, 1.165) is 35.5 Å². The van der Waals surface area contributed by atoms with Crippen LogP contribution in [-0.4, -0.2) is 43.2 Å². The van der Waals surface area contributed by atoms with Crippen LogP contribution >= 0.6 is 11.3 Å². The summed E-state index contributed by atoms with van der Waals surface area (Å²) in [4.78, 5) is 27.5. The van der Waals surface area contributed by atoms with Gasteiger partial charge in [-0.15, -0.1) is 11.3 Å². The lowest BCUT2D eigenvalue weighted by atomic mass is 9.98. The Morgan fingerprint density at radius 1 is 1.33 bits per heavy atom. The predicted molar refractivity (Wildman–Crippen MR) is 101 cm³/mol. The first-order chi connectivity index (χ1) is 13.0. The van der Waals surface area contributed by atoms with Gasteiger partial charge in [0.05, 0.1) is 16.6 Å². The summed E-state index contributed by atoms with van der Waals surface area (Å²) >= 11 is 1.59. The molecule has 140 valence electrons. The lowest BCUT2D eigenvalue weighted by molar-refractivity contribution is 0.0594. The van der Waals surface area contributed by atoms with Crippen LogP contribution in [0.25, 0.3) is 10.6 Å². The predicted octanol–water partition coefficient (Wildman–Crippen LogP) is 2.34. The average Bonchev–Trinajstić information content (AvgIpc) is 3.41. The van der Waals surface area contributed by atoms with Crippen molar-refractivity contribution in [1.29, 1.82) is 0 Å². The molecule has 0 spiro atoms. The number of aryl methyl sites for hydroxylation is 1. The molecule has 2 amide bonds. The molecule has 3 aromatic rings. The zero-order valence-electron chi connectivity index (χ0n) is 14.9. The number of nitrogens with one attached hydrogen (secondary N) is 1. The highest BCUT2D eigenvalue weighted by Gasteiger charge is 2.32. The summed E-state index contributed by atoms with van der Waals surface area (Å²) in [6, 6.07) is 7.26. The topological polar surface area (TPSA) is 110 Å². The van der Waals surface area contributed by atoms with Crippen LogP contribution in [-0.2, 0) is 7.05 Å². The molecule has 0 aliphatic carbocycles. The van der Waals surface area contributed by atoms with Gasteiger partial charge in [0.15, 0.2) is 0 Å². The van der Waals surface area contributed by atoms with Gasteiger partial charge >= 0.3 is 0 Å². The second kappa shape index (κ2) is 6.99. The molecule has 4 rings (SSSR count). The number of H-pyrrole nitrogens is 1. The van der Waals surface area contributed by atoms with E-state index in [-0.39, 0.29) is 17.6 Å². The van der Waals surface area contributed by atoms with Crippen molar-refractivity contribution < 1.29 is 9.59 Å². The molecule has 0 bridgehead atoms. The summed E-state index contributed by atoms with van der Waals surface area (Å²) in [5.74, 6) is -0.661. The molecular weight excluding hydrogens is 364 g/mol. The van der Waals surface area contributed by atoms with Gasteiger partial charge in [0, 0.05) is 13.6 Å². The van der Waals surface area contributed by atoms with Gasteiger partial charge in [0.25, 0.3) is 11.8 Å². The Labute approximate surface area is 160 Å². The largest absolute Gasteiger partial charge is 0.364 e. The summed E-state index contributed by atoms with van der Waals surface area (Å²) in [6.45, 7) is 0.647. The number of likely N-dealkylation sites (tertiary alicyclic amines) is 1. The van der Waals surface area contributed by atoms with Gasteiger partial charge in [-0.2, -0.15) is 10.2 Å². The molecule has 9 heteroatoms. The Balaban J connectivity index is 1.63. The SMILES string of the molecule is Cn1nc(-c2cccs2)cc1C(=O)N1CCCC[C@@H]1c1cc(C(N)=O)n[nH]1. The van der Waals surface area contributed by atoms with E-state index in [9.17, 15) is 9.59 Å². The monoisotopic (exact) mass is 384 g/mol. The Hall–Kier alpha value is -2.94. The molecule has 1 atom stereocenters. The molecular formula is C18H20N6O2S. The first-order valence-corrected chi connectivity index (χ1v) is 9.66. The third-order valence-corrected chi connectivity index (χ3v) is 5.74. The molecule has 1 saturated heterocycles. The minimum absolute atomic E-state index is 0.0762. The molecule has 27 heavy (non-hydrogen) atoms. The molecule has 0 aromatic carbocycles. The van der Waals surface area contributed by atoms with Crippen LogP contribution < -0.4 is 5.73 Å². The Morgan fingerprint density at radius 3 is 2.89 bits per heavy atom. The Morgan fingerprint density at radius 2 is 2.19 bits per heavy atom. The Kier molecular flexibility index (Phi) is 4.53. The number of aromatic nitrogens is 4. The lowest BCUT2D eigenvalue weighted by Gasteiger charge is -2.35. The van der Waals surface area contributed by atoms with E-state index in [1.54, 1.807) is 29.1 Å². The molecule has 0 saturated carbocycles. The van der Waals surface area contributed by atoms with E-state index in [1.807, 2.05) is 28.5 Å². The number of aromatic amines is 1. The van der Waals surface area contributed by atoms with Crippen molar-refractivity contribution in [2.24, 2.45) is 12.8 Å². The molecule has 3 aromatic heterocycles. The number of primary amides is 1. The van der Waals surface area contributed by atoms with Crippen LogP contribution in [0.3, 0.4) is 0 Å². The first kappa shape index (κ1) is 17.5. The van der Waals surface area contributed by atoms with Crippen LogP contribution in [0.1, 0.15) is 52.0 Å². The molecule has 1 aliphatic heterocycles. The zero-order chi connectivity index (χ0) is 19.0. The molecule has 1 aliphatic rings. The standard InChI is InChI=1S/C18H20N6O2S/c1-23-15(10-12(22-23)16-6-4-8-27-16)18(26)24-7-3-2-5-14(24)11-9-13(17(19)25)21-20-11/h4,6,8-10,14H,2-3,5,7H2,1H3,(H2,19,25)(H,20,21)/t14-/m1/s1. The summed E-state index contributed by atoms with van der Waals surface area (Å²) in [6.07, 6.45) is 2.75. The van der Waals surface area contributed by atoms with E-state index in [1.165, 1.54) is 0 Å². The number of hydrogen-bond acceptors (Lipinski definition) is 5. The van der Waals surface area contributed by atoms with Crippen molar-refractivity contribution in [2.75, 3.05) is 6.54 Å². The number of nitrogens with zero attached hydrogens (tertiary/aromatic N) is 4. The van der Waals surface area contributed by atoms with Crippen LogP contribution in [0.2, 0.25) is 0 Å². The van der Waals surface area contributed by atoms with E-state index in [2.05, 4.69) is 15.3 Å². The van der Waals surface area contributed by atoms with Crippen LogP contribution in [0.5, 0.6) is 0 Å². The van der Waals surface area contributed by atoms with Crippen molar-refractivity contribution in [2.45, 2.75) is 25.3 Å². The van der Waals surface area contributed by atoms with Gasteiger partial charge in [0.1, 0.15) is 17.1 Å². The maximum absolute atomic E-state index is 13.3. The summed E-state index contributed by atoms with van der Waals surface area (Å²) in [5, 5.41) is 13.3. The zero-order valence-corrected chi connectivity index (χ0v) is 15.7. The van der Waals surface area contributed by atoms with E-state index >= 15 is 0 Å². The molecule has 0 unspecified atom stereocenters. The van der Waals surface area contributed by atoms with Gasteiger partial charge in [-0.1, -0.05) is 6.07 Å². The number of rotatable bonds is 4. The quantitative estimate of drug-likeness (QED) is 0.719. The van der Waals surface area contributed by atoms with Crippen molar-refractivity contribution in [3.8, 4) is 10.6 Å². The maximum atomic E-state index is 13.3. The van der Waals surface area contributed by atoms with Gasteiger partial charge in [-0.3, -0.25) is 19.4 Å². The molecule has 4 heterocycles. The third-order valence-electron chi connectivity index (χ3n) is 4.85. The van der Waals surface area contributed by atoms with Crippen LogP contribution in [0.4, 0.5) is 0 Å². The first-order valence-electron chi connectivity index (χ1n) is 8.78. The molecule has 8 nitrogen and oxygen atoms in total. The number of carbonyl (C=O) groups excluding carboxylic acids is 2. The second-order valence-corrected chi connectivity index (χ2v) is 7.55. The van der Waals surface area contributed by atoms with Gasteiger partial charge in [0.2, 0.25) is 0 Å². The van der Waals surface area contributed by atoms with Crippen molar-refractivity contribution >= 4 is 23.2 Å². The minimum atomic E-state index is -0.585. The minimum Gasteiger partial charge on any atom is -0.364 e. The molecule has 3 N–H and O–H groups in total. The smallest absolute Gasteiger partial charge is 0.272 e. The van der Waals surface area contributed by atoms with Crippen LogP contribution in [0, 0.1) is 0 Å². The fraction of sp³-hybridized carbons (Fsp3) is 0.333. The van der Waals surface area contributed by atoms with Crippen molar-refractivity contribution in [3.05, 3.63) is 46.7 Å². The number of carbonyl (C=O) groups is 2. The highest BCUT2D eigenvalue weighted by atomic mass is 32.1. The summed E-state index contributed by atoms with van der Waals surface area (Å²) in [5.41, 5.74) is 7.55. The highest BCUT2D eigenvalue weighted by molar-refractivity contribution is 7.13. The van der Waals surface area contributed by atoms with E-state index < -0.39 is 5.91 Å². The summed E-state index contributed by atoms with van der Waals surface area (Å²) in [7, 11) is 1.78. The number of hydrogen-bond donors (Lipinski definition) is 2. The Bertz CT molecular complexity index is 974. The normalized spacial score (nSPS) is 17.2. The number of piperidine rings is 1. The lowest BCUT2D eigenvalue weighted by Crippen LogP contribution is -2.39. The van der Waals surface area contributed by atoms with Crippen molar-refractivity contribution in [1.82, 2.24) is 24.9 Å². The van der Waals surface area contributed by atoms with Gasteiger partial charge in [-0.25, -0.2) is 0 Å². The third kappa shape index (κ3) is 3.25. The highest BCUT2D eigenvalue weighted by Crippen LogP contribution is 2.32. The van der Waals surface area contributed by atoms with E-state index in [4.69, 9.17) is 5.73 Å². The average molecular weight is 384 g/mol. The van der Waals surface area contributed by atoms with Gasteiger partial charge in [-0.05, 0) is 42.8 Å². The number of thiophene rings is 1. The van der Waals surface area contributed by atoms with Crippen LogP contribution in [0.15, 0.2) is 29.6 Å². The van der Waals surface area contributed by atoms with Crippen molar-refractivity contribution in [3.63, 3.8) is 0 Å². The van der Waals surface area contributed by atoms with Gasteiger partial charge < -0.3 is 10.6 Å². The molecule has 1 fully saturated rings. The summed E-state index contributed by atoms with van der Waals surface area (Å²) < 4.78 is 1.63. The fourth-order valence-electron chi connectivity index (χ4n) is 3.49. The fourth-order valence-corrected chi connectivity index (χ4v) is 4.17.